The summed E-state index contributed by atoms with van der Waals surface area (Å²) in [6.07, 6.45) is 36.4. The number of hydrogen-bond donors (Lipinski definition) is 2. The van der Waals surface area contributed by atoms with Crippen molar-refractivity contribution in [1.29, 1.82) is 0 Å². The number of rotatable bonds is 45. The maximum absolute atomic E-state index is 16.9. The number of ether oxygens (including phenoxy) is 2. The van der Waals surface area contributed by atoms with Gasteiger partial charge in [-0.1, -0.05) is 278 Å². The Morgan fingerprint density at radius 1 is 0.419 bits per heavy atom. The van der Waals surface area contributed by atoms with Crippen molar-refractivity contribution < 1.29 is 28.7 Å². The smallest absolute Gasteiger partial charge is 0.277 e. The topological polar surface area (TPSA) is 175 Å². The van der Waals surface area contributed by atoms with Crippen LogP contribution in [0.4, 0.5) is 34.4 Å². The molecule has 2 atom stereocenters. The Balaban J connectivity index is 1.23. The van der Waals surface area contributed by atoms with E-state index < -0.39 is 52.9 Å². The van der Waals surface area contributed by atoms with Gasteiger partial charge in [0.1, 0.15) is 23.0 Å². The molecule has 2 fully saturated rings. The van der Waals surface area contributed by atoms with Crippen LogP contribution in [0.3, 0.4) is 0 Å². The number of aromatic nitrogens is 4. The van der Waals surface area contributed by atoms with Crippen molar-refractivity contribution in [2.24, 2.45) is 0 Å². The van der Waals surface area contributed by atoms with Gasteiger partial charge in [0, 0.05) is 49.9 Å². The molecule has 0 radical (unpaired) electrons. The van der Waals surface area contributed by atoms with Crippen LogP contribution in [0.2, 0.25) is 30.1 Å². The number of benzene rings is 5. The Labute approximate surface area is 649 Å². The fourth-order valence-corrected chi connectivity index (χ4v) is 16.3. The van der Waals surface area contributed by atoms with Crippen LogP contribution in [0.25, 0.3) is 11.4 Å². The van der Waals surface area contributed by atoms with E-state index in [1.54, 1.807) is 87.0 Å². The highest BCUT2D eigenvalue weighted by atomic mass is 35.5. The zero-order valence-corrected chi connectivity index (χ0v) is 65.7. The Hall–Kier alpha value is -6.86. The van der Waals surface area contributed by atoms with E-state index in [9.17, 15) is 19.2 Å². The van der Waals surface area contributed by atoms with E-state index in [1.165, 1.54) is 146 Å². The van der Waals surface area contributed by atoms with Gasteiger partial charge in [0.15, 0.2) is 0 Å². The number of methoxy groups -OCH3 is 2. The summed E-state index contributed by atoms with van der Waals surface area (Å²) >= 11 is 42.1. The fraction of sp³-hybridized carbons (Fsp3) is 0.470. The van der Waals surface area contributed by atoms with Crippen LogP contribution < -0.4 is 30.7 Å². The Morgan fingerprint density at radius 3 is 1.08 bits per heavy atom. The molecule has 2 aliphatic heterocycles. The Kier molecular flexibility index (Phi) is 32.9. The van der Waals surface area contributed by atoms with Crippen molar-refractivity contribution in [3.8, 4) is 11.4 Å². The minimum absolute atomic E-state index is 0.00506. The quantitative estimate of drug-likeness (QED) is 0.0212. The molecule has 4 heterocycles. The Bertz CT molecular complexity index is 3880. The standard InChI is InChI=1S/C83H102Cl6N8O8/c1-5-7-9-11-13-15-17-19-21-23-25-27-29-34-42-61(104-3)56-92(67-44-36-38-46-69(67)94-71(98)48-49-72(94)99)80-76(82(102)96(90-80)78-63(86)52-59(84)53-64(78)87)75(58-40-32-31-33-41-58)77-81(91-97(83(77)103)79-65(88)54-60(85)55-66(79)89)93(68-45-37-39-47-70(68)95-73(100)50-51-74(95)101)57-62(105-4)43-35-30-28-26-24-22-20-18-16-14-12-10-8-6-2/h27-33,36-41,44-47,52-55,61-62,75,90-91H,5-26,34-35,42-43,48-51,56-57H2,1-4H3/b29-27+,30-28+. The zero-order chi connectivity index (χ0) is 74.8. The summed E-state index contributed by atoms with van der Waals surface area (Å²) in [5, 5.41) is 7.28. The highest BCUT2D eigenvalue weighted by Gasteiger charge is 2.42. The first-order valence-electron chi connectivity index (χ1n) is 37.9. The third-order valence-corrected chi connectivity index (χ3v) is 21.5. The van der Waals surface area contributed by atoms with E-state index in [2.05, 4.69) is 48.3 Å². The molecule has 9 rings (SSSR count). The van der Waals surface area contributed by atoms with Crippen LogP contribution >= 0.6 is 69.6 Å². The van der Waals surface area contributed by atoms with Crippen LogP contribution in [0.15, 0.2) is 137 Å². The van der Waals surface area contributed by atoms with Crippen LogP contribution in [-0.2, 0) is 28.7 Å². The average molecular weight is 1550 g/mol. The summed E-state index contributed by atoms with van der Waals surface area (Å²) in [6, 6.07) is 28.8. The third-order valence-electron chi connectivity index (χ3n) is 19.9. The number of nitrogens with zero attached hydrogens (tertiary/aromatic N) is 6. The number of carbonyl (C=O) groups excluding carboxylic acids is 4. The van der Waals surface area contributed by atoms with E-state index in [4.69, 9.17) is 79.1 Å². The maximum atomic E-state index is 16.9. The first kappa shape index (κ1) is 82.2. The highest BCUT2D eigenvalue weighted by molar-refractivity contribution is 6.41. The molecule has 0 aliphatic carbocycles. The maximum Gasteiger partial charge on any atom is 0.277 e. The number of halogens is 6. The van der Waals surface area contributed by atoms with Crippen molar-refractivity contribution in [2.75, 3.05) is 46.9 Å². The molecule has 0 saturated carbocycles. The van der Waals surface area contributed by atoms with Gasteiger partial charge in [-0.25, -0.2) is 19.2 Å². The summed E-state index contributed by atoms with van der Waals surface area (Å²) < 4.78 is 15.3. The number of carbonyl (C=O) groups is 4. The monoisotopic (exact) mass is 1550 g/mol. The van der Waals surface area contributed by atoms with Gasteiger partial charge in [0.2, 0.25) is 23.6 Å². The molecule has 4 amide bonds. The molecule has 0 spiro atoms. The second kappa shape index (κ2) is 42.0. The third kappa shape index (κ3) is 21.7. The molecular formula is C83H102Cl6N8O8. The first-order chi connectivity index (χ1) is 51.0. The number of allylic oxidation sites excluding steroid dienone is 4. The number of unbranched alkanes of at least 4 members (excludes halogenated alkanes) is 20. The van der Waals surface area contributed by atoms with Crippen LogP contribution in [0, 0.1) is 0 Å². The molecule has 22 heteroatoms. The van der Waals surface area contributed by atoms with Crippen molar-refractivity contribution >= 4 is 128 Å². The van der Waals surface area contributed by atoms with E-state index in [0.29, 0.717) is 42.6 Å². The second-order valence-corrected chi connectivity index (χ2v) is 30.0. The number of hydrogen-bond acceptors (Lipinski definition) is 10. The summed E-state index contributed by atoms with van der Waals surface area (Å²) in [6.45, 7) is 4.47. The highest BCUT2D eigenvalue weighted by Crippen LogP contribution is 2.47. The van der Waals surface area contributed by atoms with Gasteiger partial charge < -0.3 is 19.3 Å². The van der Waals surface area contributed by atoms with Crippen LogP contribution in [0.1, 0.15) is 229 Å². The number of aromatic amines is 2. The normalized spacial score (nSPS) is 14.3. The molecule has 5 aromatic carbocycles. The lowest BCUT2D eigenvalue weighted by atomic mass is 9.86. The summed E-state index contributed by atoms with van der Waals surface area (Å²) in [7, 11) is 3.23. The Morgan fingerprint density at radius 2 is 0.733 bits per heavy atom. The van der Waals surface area contributed by atoms with Crippen molar-refractivity contribution in [2.45, 2.75) is 225 Å². The number of nitrogens with one attached hydrogen (secondary N) is 2. The number of imide groups is 2. The molecule has 2 N–H and O–H groups in total. The van der Waals surface area contributed by atoms with Gasteiger partial charge in [-0.2, -0.15) is 0 Å². The SMILES string of the molecule is CCCCCCCCCCCC/C=C/CCC(CN(c1ccccc1N1C(=O)CCC1=O)c1[nH]n(-c2c(Cl)cc(Cl)cc2Cl)c(=O)c1C(c1ccccc1)c1c(N(CC(CC/C=C/CCCCCCCCCCCC)OC)c2ccccc2N2C(=O)CCC2=O)[nH]n(-c2c(Cl)cc(Cl)cc2Cl)c1=O)OC. The molecule has 0 bridgehead atoms. The van der Waals surface area contributed by atoms with E-state index in [-0.39, 0.29) is 114 Å². The number of para-hydroxylation sites is 4. The lowest BCUT2D eigenvalue weighted by Gasteiger charge is -2.33. The van der Waals surface area contributed by atoms with Crippen molar-refractivity contribution in [3.05, 3.63) is 195 Å². The van der Waals surface area contributed by atoms with Gasteiger partial charge in [-0.05, 0) is 105 Å². The number of H-pyrrole nitrogens is 2. The second-order valence-electron chi connectivity index (χ2n) is 27.5. The lowest BCUT2D eigenvalue weighted by molar-refractivity contribution is -0.122. The van der Waals surface area contributed by atoms with Crippen LogP contribution in [-0.4, -0.2) is 82.7 Å². The molecule has 2 aliphatic rings. The molecule has 2 aromatic heterocycles. The van der Waals surface area contributed by atoms with Gasteiger partial charge in [-0.15, -0.1) is 0 Å². The van der Waals surface area contributed by atoms with Crippen LogP contribution in [0.5, 0.6) is 0 Å². The minimum atomic E-state index is -1.44. The van der Waals surface area contributed by atoms with Gasteiger partial charge >= 0.3 is 0 Å². The molecule has 16 nitrogen and oxygen atoms in total. The molecule has 105 heavy (non-hydrogen) atoms. The fourth-order valence-electron chi connectivity index (χ4n) is 14.3. The molecule has 564 valence electrons. The lowest BCUT2D eigenvalue weighted by Crippen LogP contribution is -2.36. The van der Waals surface area contributed by atoms with Crippen molar-refractivity contribution in [3.63, 3.8) is 0 Å². The minimum Gasteiger partial charge on any atom is -0.380 e. The van der Waals surface area contributed by atoms with E-state index in [1.807, 2.05) is 15.9 Å². The first-order valence-corrected chi connectivity index (χ1v) is 40.1. The van der Waals surface area contributed by atoms with Crippen molar-refractivity contribution in [1.82, 2.24) is 19.6 Å². The molecule has 2 unspecified atom stereocenters. The van der Waals surface area contributed by atoms with E-state index >= 15 is 9.59 Å². The summed E-state index contributed by atoms with van der Waals surface area (Å²) in [4.78, 5) is 96.3. The number of amides is 4. The zero-order valence-electron chi connectivity index (χ0n) is 61.2. The molecule has 7 aromatic rings. The predicted octanol–water partition coefficient (Wildman–Crippen LogP) is 22.7. The summed E-state index contributed by atoms with van der Waals surface area (Å²) in [5.74, 6) is -2.94. The van der Waals surface area contributed by atoms with Gasteiger partial charge in [-0.3, -0.25) is 39.0 Å². The van der Waals surface area contributed by atoms with Gasteiger partial charge in [0.25, 0.3) is 11.1 Å². The van der Waals surface area contributed by atoms with E-state index in [0.717, 1.165) is 38.5 Å². The average Bonchev–Trinajstić information content (AvgIpc) is 1.59. The number of anilines is 6. The largest absolute Gasteiger partial charge is 0.380 e. The summed E-state index contributed by atoms with van der Waals surface area (Å²) in [5.41, 5.74) is 0.0374. The van der Waals surface area contributed by atoms with Gasteiger partial charge in [0.05, 0.1) is 85.2 Å². The predicted molar refractivity (Wildman–Crippen MR) is 432 cm³/mol. The molecule has 2 saturated heterocycles. The molecular weight excluding hydrogens is 1450 g/mol.